The van der Waals surface area contributed by atoms with Gasteiger partial charge in [-0.2, -0.15) is 0 Å². The van der Waals surface area contributed by atoms with Crippen LogP contribution in [0.5, 0.6) is 0 Å². The average Bonchev–Trinajstić information content (AvgIpc) is 2.99. The minimum absolute atomic E-state index is 0.0472. The van der Waals surface area contributed by atoms with Gasteiger partial charge in [-0.05, 0) is 68.8 Å². The second-order valence-electron chi connectivity index (χ2n) is 9.10. The van der Waals surface area contributed by atoms with Crippen molar-refractivity contribution >= 4 is 11.6 Å². The largest absolute Gasteiger partial charge is 0.392 e. The molecule has 2 bridgehead atoms. The number of carbonyl (C=O) groups is 2. The Kier molecular flexibility index (Phi) is 2.73. The highest BCUT2D eigenvalue weighted by molar-refractivity contribution is 5.94. The number of ketones is 2. The predicted octanol–water partition coefficient (Wildman–Crippen LogP) is 3.06. The molecule has 1 spiro atoms. The highest BCUT2D eigenvalue weighted by Gasteiger charge is 2.65. The van der Waals surface area contributed by atoms with E-state index in [0.717, 1.165) is 44.9 Å². The molecule has 3 heteroatoms. The Bertz CT molecular complexity index is 635. The maximum Gasteiger partial charge on any atom is 0.158 e. The molecule has 0 aromatic heterocycles. The molecule has 3 nitrogen and oxygen atoms in total. The smallest absolute Gasteiger partial charge is 0.158 e. The highest BCUT2D eigenvalue weighted by atomic mass is 16.3. The van der Waals surface area contributed by atoms with Gasteiger partial charge in [-0.15, -0.1) is 0 Å². The number of hydrogen-bond acceptors (Lipinski definition) is 3. The van der Waals surface area contributed by atoms with Gasteiger partial charge in [0.15, 0.2) is 5.78 Å². The number of rotatable bonds is 0. The molecule has 5 aliphatic carbocycles. The third-order valence-electron chi connectivity index (χ3n) is 8.56. The summed E-state index contributed by atoms with van der Waals surface area (Å²) in [5, 5.41) is 10.9. The molecule has 23 heavy (non-hydrogen) atoms. The monoisotopic (exact) mass is 314 g/mol. The zero-order chi connectivity index (χ0) is 16.0. The van der Waals surface area contributed by atoms with Gasteiger partial charge in [0, 0.05) is 23.2 Å². The van der Waals surface area contributed by atoms with Crippen LogP contribution in [0.25, 0.3) is 0 Å². The van der Waals surface area contributed by atoms with Gasteiger partial charge in [-0.25, -0.2) is 0 Å². The molecule has 124 valence electrons. The van der Waals surface area contributed by atoms with Crippen LogP contribution in [-0.4, -0.2) is 22.8 Å². The van der Waals surface area contributed by atoms with Crippen LogP contribution in [0.1, 0.15) is 58.3 Å². The third-order valence-corrected chi connectivity index (χ3v) is 8.56. The lowest BCUT2D eigenvalue weighted by Gasteiger charge is -2.57. The molecule has 4 fully saturated rings. The van der Waals surface area contributed by atoms with Crippen molar-refractivity contribution in [2.75, 3.05) is 0 Å². The van der Waals surface area contributed by atoms with E-state index in [1.807, 2.05) is 6.08 Å². The minimum atomic E-state index is -0.348. The Labute approximate surface area is 137 Å². The zero-order valence-corrected chi connectivity index (χ0v) is 13.9. The Morgan fingerprint density at radius 2 is 1.96 bits per heavy atom. The number of aliphatic hydroxyl groups is 1. The summed E-state index contributed by atoms with van der Waals surface area (Å²) in [6.07, 6.45) is 8.98. The van der Waals surface area contributed by atoms with E-state index >= 15 is 0 Å². The van der Waals surface area contributed by atoms with Crippen LogP contribution in [0.2, 0.25) is 0 Å². The van der Waals surface area contributed by atoms with Gasteiger partial charge in [-0.1, -0.05) is 12.5 Å². The topological polar surface area (TPSA) is 54.4 Å². The van der Waals surface area contributed by atoms with Gasteiger partial charge in [0.25, 0.3) is 0 Å². The first-order chi connectivity index (χ1) is 11.0. The summed E-state index contributed by atoms with van der Waals surface area (Å²) in [6.45, 7) is 2.20. The van der Waals surface area contributed by atoms with Crippen molar-refractivity contribution < 1.29 is 14.7 Å². The number of aliphatic hydroxyl groups excluding tert-OH is 1. The molecule has 0 unspecified atom stereocenters. The molecule has 0 aliphatic heterocycles. The fourth-order valence-corrected chi connectivity index (χ4v) is 7.46. The van der Waals surface area contributed by atoms with Crippen LogP contribution in [0.15, 0.2) is 11.6 Å². The van der Waals surface area contributed by atoms with Crippen LogP contribution < -0.4 is 0 Å². The molecule has 0 radical (unpaired) electrons. The summed E-state index contributed by atoms with van der Waals surface area (Å²) >= 11 is 0. The maximum absolute atomic E-state index is 12.4. The van der Waals surface area contributed by atoms with Crippen LogP contribution in [-0.2, 0) is 9.59 Å². The SMILES string of the molecule is C[C@]12CC[C@H]3[C@@H](CCC4=CC(=O)[C@H]5C[C@@H](O)[C@]43C5)[C@@H]1CCC2=O. The first kappa shape index (κ1) is 14.4. The number of hydrogen-bond donors (Lipinski definition) is 1. The molecular weight excluding hydrogens is 288 g/mol. The van der Waals surface area contributed by atoms with Crippen LogP contribution >= 0.6 is 0 Å². The third kappa shape index (κ3) is 1.55. The summed E-state index contributed by atoms with van der Waals surface area (Å²) in [4.78, 5) is 24.7. The van der Waals surface area contributed by atoms with Gasteiger partial charge >= 0.3 is 0 Å². The Morgan fingerprint density at radius 3 is 2.78 bits per heavy atom. The molecule has 5 rings (SSSR count). The first-order valence-corrected chi connectivity index (χ1v) is 9.43. The molecule has 0 aromatic rings. The second kappa shape index (κ2) is 4.36. The van der Waals surface area contributed by atoms with E-state index in [1.54, 1.807) is 0 Å². The highest BCUT2D eigenvalue weighted by Crippen LogP contribution is 2.68. The van der Waals surface area contributed by atoms with Crippen LogP contribution in [0.4, 0.5) is 0 Å². The lowest BCUT2D eigenvalue weighted by Crippen LogP contribution is -2.53. The average molecular weight is 314 g/mol. The molecular formula is C20H26O3. The van der Waals surface area contributed by atoms with Gasteiger partial charge in [0.2, 0.25) is 0 Å². The van der Waals surface area contributed by atoms with Gasteiger partial charge < -0.3 is 5.11 Å². The lowest BCUT2D eigenvalue weighted by molar-refractivity contribution is -0.134. The van der Waals surface area contributed by atoms with E-state index in [-0.39, 0.29) is 28.6 Å². The van der Waals surface area contributed by atoms with E-state index in [1.165, 1.54) is 5.57 Å². The normalized spacial score (nSPS) is 54.3. The molecule has 0 amide bonds. The Hall–Kier alpha value is -0.960. The van der Waals surface area contributed by atoms with Crippen molar-refractivity contribution in [3.63, 3.8) is 0 Å². The van der Waals surface area contributed by atoms with Gasteiger partial charge in [0.1, 0.15) is 5.78 Å². The molecule has 5 aliphatic rings. The van der Waals surface area contributed by atoms with E-state index in [0.29, 0.717) is 30.0 Å². The molecule has 1 N–H and O–H groups in total. The maximum atomic E-state index is 12.4. The van der Waals surface area contributed by atoms with E-state index in [4.69, 9.17) is 0 Å². The van der Waals surface area contributed by atoms with Crippen LogP contribution in [0, 0.1) is 34.5 Å². The molecule has 0 aromatic carbocycles. The first-order valence-electron chi connectivity index (χ1n) is 9.43. The molecule has 4 saturated carbocycles. The minimum Gasteiger partial charge on any atom is -0.392 e. The fraction of sp³-hybridized carbons (Fsp3) is 0.800. The van der Waals surface area contributed by atoms with Crippen molar-refractivity contribution in [1.82, 2.24) is 0 Å². The summed E-state index contributed by atoms with van der Waals surface area (Å²) in [5.41, 5.74) is 1.01. The molecule has 0 saturated heterocycles. The summed E-state index contributed by atoms with van der Waals surface area (Å²) in [6, 6.07) is 0. The summed E-state index contributed by atoms with van der Waals surface area (Å²) in [5.74, 6) is 2.34. The second-order valence-corrected chi connectivity index (χ2v) is 9.10. The molecule has 0 heterocycles. The number of carbonyl (C=O) groups excluding carboxylic acids is 2. The van der Waals surface area contributed by atoms with Gasteiger partial charge in [0.05, 0.1) is 6.10 Å². The van der Waals surface area contributed by atoms with Crippen molar-refractivity contribution in [1.29, 1.82) is 0 Å². The number of fused-ring (bicyclic) bond motifs is 4. The Balaban J connectivity index is 1.59. The van der Waals surface area contributed by atoms with Crippen molar-refractivity contribution in [3.8, 4) is 0 Å². The van der Waals surface area contributed by atoms with E-state index in [9.17, 15) is 14.7 Å². The van der Waals surface area contributed by atoms with Crippen molar-refractivity contribution in [2.24, 2.45) is 34.5 Å². The number of Topliss-reactive ketones (excluding diaryl/α,β-unsaturated/α-hetero) is 1. The predicted molar refractivity (Wildman–Crippen MR) is 85.5 cm³/mol. The Morgan fingerprint density at radius 1 is 1.13 bits per heavy atom. The van der Waals surface area contributed by atoms with E-state index < -0.39 is 0 Å². The van der Waals surface area contributed by atoms with Crippen LogP contribution in [0.3, 0.4) is 0 Å². The summed E-state index contributed by atoms with van der Waals surface area (Å²) < 4.78 is 0. The molecule has 7 atom stereocenters. The summed E-state index contributed by atoms with van der Waals surface area (Å²) in [7, 11) is 0. The van der Waals surface area contributed by atoms with Gasteiger partial charge in [-0.3, -0.25) is 9.59 Å². The van der Waals surface area contributed by atoms with Crippen molar-refractivity contribution in [3.05, 3.63) is 11.6 Å². The quantitative estimate of drug-likeness (QED) is 0.747. The standard InChI is InChI=1S/C20H26O3/c1-19-7-6-15-13(14(19)4-5-17(19)22)3-2-12-9-16(21)11-8-18(23)20(12,15)10-11/h9,11,13-15,18,23H,2-8,10H2,1H3/t11-,13-,14-,15-,18+,19-,20+/m0/s1. The van der Waals surface area contributed by atoms with Crippen molar-refractivity contribution in [2.45, 2.75) is 64.4 Å². The fourth-order valence-electron chi connectivity index (χ4n) is 7.46. The van der Waals surface area contributed by atoms with E-state index in [2.05, 4.69) is 6.92 Å². The zero-order valence-electron chi connectivity index (χ0n) is 13.9. The lowest BCUT2D eigenvalue weighted by atomic mass is 9.47.